The second-order valence-electron chi connectivity index (χ2n) is 8.34. The summed E-state index contributed by atoms with van der Waals surface area (Å²) >= 11 is 0. The number of ether oxygens (including phenoxy) is 2. The molecule has 0 aliphatic carbocycles. The molecule has 0 spiro atoms. The van der Waals surface area contributed by atoms with Crippen molar-refractivity contribution in [2.45, 2.75) is 58.5 Å². The molecule has 0 saturated carbocycles. The van der Waals surface area contributed by atoms with E-state index in [2.05, 4.69) is 36.1 Å². The van der Waals surface area contributed by atoms with Gasteiger partial charge in [0.1, 0.15) is 26.0 Å². The van der Waals surface area contributed by atoms with E-state index in [9.17, 15) is 4.79 Å². The van der Waals surface area contributed by atoms with Gasteiger partial charge in [-0.3, -0.25) is 4.98 Å². The molecule has 1 saturated heterocycles. The van der Waals surface area contributed by atoms with Crippen molar-refractivity contribution < 1.29 is 14.3 Å². The third-order valence-electron chi connectivity index (χ3n) is 3.51. The van der Waals surface area contributed by atoms with Crippen molar-refractivity contribution in [3.05, 3.63) is 24.0 Å². The first-order chi connectivity index (χ1) is 11.5. The molecule has 1 fully saturated rings. The molecular weight excluding hydrogens is 332 g/mol. The van der Waals surface area contributed by atoms with Crippen LogP contribution in [0.4, 0.5) is 4.79 Å². The van der Waals surface area contributed by atoms with Crippen LogP contribution in [0.5, 0.6) is 5.75 Å². The summed E-state index contributed by atoms with van der Waals surface area (Å²) in [7, 11) is -1.42. The number of carbonyl (C=O) groups excluding carboxylic acids is 1. The molecule has 1 aromatic heterocycles. The Morgan fingerprint density at radius 2 is 2.08 bits per heavy atom. The van der Waals surface area contributed by atoms with Crippen LogP contribution < -0.4 is 4.74 Å². The number of pyridine rings is 1. The number of aromatic nitrogens is 1. The summed E-state index contributed by atoms with van der Waals surface area (Å²) in [6.45, 7) is 13.4. The van der Waals surface area contributed by atoms with E-state index < -0.39 is 13.7 Å². The molecule has 136 valence electrons. The molecule has 25 heavy (non-hydrogen) atoms. The van der Waals surface area contributed by atoms with Crippen molar-refractivity contribution in [1.82, 2.24) is 9.88 Å². The van der Waals surface area contributed by atoms with E-state index in [0.717, 1.165) is 12.0 Å². The first-order valence-electron chi connectivity index (χ1n) is 8.64. The van der Waals surface area contributed by atoms with E-state index in [0.29, 0.717) is 18.9 Å². The van der Waals surface area contributed by atoms with E-state index in [4.69, 9.17) is 9.47 Å². The monoisotopic (exact) mass is 360 g/mol. The standard InChI is InChI=1S/C19H28N2O3Si/c1-19(2,3)24-18(22)21-9-7-16(21)14-23-17-11-15(12-20-13-17)8-10-25(4,5)6/h11-13,16H,7,9,14H2,1-6H3/t16-/m0/s1. The maximum atomic E-state index is 12.1. The van der Waals surface area contributed by atoms with Crippen molar-refractivity contribution in [2.75, 3.05) is 13.2 Å². The number of carbonyl (C=O) groups is 1. The third-order valence-corrected chi connectivity index (χ3v) is 4.38. The van der Waals surface area contributed by atoms with Gasteiger partial charge in [0.25, 0.3) is 0 Å². The van der Waals surface area contributed by atoms with Crippen LogP contribution in [0, 0.1) is 11.5 Å². The molecule has 5 nitrogen and oxygen atoms in total. The van der Waals surface area contributed by atoms with Crippen LogP contribution in [-0.4, -0.2) is 48.8 Å². The highest BCUT2D eigenvalue weighted by molar-refractivity contribution is 6.83. The maximum Gasteiger partial charge on any atom is 0.410 e. The van der Waals surface area contributed by atoms with Gasteiger partial charge in [0.2, 0.25) is 0 Å². The predicted molar refractivity (Wildman–Crippen MR) is 101 cm³/mol. The molecule has 2 heterocycles. The largest absolute Gasteiger partial charge is 0.490 e. The minimum absolute atomic E-state index is 0.0478. The molecule has 1 atom stereocenters. The fraction of sp³-hybridized carbons (Fsp3) is 0.579. The summed E-state index contributed by atoms with van der Waals surface area (Å²) < 4.78 is 11.2. The van der Waals surface area contributed by atoms with E-state index in [-0.39, 0.29) is 12.1 Å². The van der Waals surface area contributed by atoms with Gasteiger partial charge in [-0.05, 0) is 33.3 Å². The molecule has 0 aromatic carbocycles. The summed E-state index contributed by atoms with van der Waals surface area (Å²) in [5, 5.41) is 0. The summed E-state index contributed by atoms with van der Waals surface area (Å²) in [4.78, 5) is 18.0. The second-order valence-corrected chi connectivity index (χ2v) is 13.1. The zero-order valence-corrected chi connectivity index (χ0v) is 17.0. The fourth-order valence-corrected chi connectivity index (χ4v) is 2.71. The van der Waals surface area contributed by atoms with Crippen LogP contribution in [0.1, 0.15) is 32.8 Å². The average Bonchev–Trinajstić information content (AvgIpc) is 2.42. The number of amides is 1. The van der Waals surface area contributed by atoms with Gasteiger partial charge in [-0.15, -0.1) is 5.54 Å². The Bertz CT molecular complexity index is 680. The van der Waals surface area contributed by atoms with Crippen molar-refractivity contribution in [3.63, 3.8) is 0 Å². The summed E-state index contributed by atoms with van der Waals surface area (Å²) in [6, 6.07) is 1.95. The van der Waals surface area contributed by atoms with Gasteiger partial charge in [-0.25, -0.2) is 4.79 Å². The number of nitrogens with zero attached hydrogens (tertiary/aromatic N) is 2. The van der Waals surface area contributed by atoms with E-state index in [1.165, 1.54) is 0 Å². The van der Waals surface area contributed by atoms with Crippen LogP contribution in [0.25, 0.3) is 0 Å². The smallest absolute Gasteiger partial charge is 0.410 e. The predicted octanol–water partition coefficient (Wildman–Crippen LogP) is 3.70. The lowest BCUT2D eigenvalue weighted by Crippen LogP contribution is -2.55. The number of likely N-dealkylation sites (tertiary alicyclic amines) is 1. The normalized spacial score (nSPS) is 17.2. The van der Waals surface area contributed by atoms with E-state index in [1.807, 2.05) is 26.8 Å². The summed E-state index contributed by atoms with van der Waals surface area (Å²) in [6.07, 6.45) is 4.06. The molecule has 1 aromatic rings. The molecule has 1 aliphatic heterocycles. The van der Waals surface area contributed by atoms with Gasteiger partial charge < -0.3 is 14.4 Å². The van der Waals surface area contributed by atoms with Gasteiger partial charge in [0.05, 0.1) is 12.2 Å². The average molecular weight is 361 g/mol. The molecule has 1 amide bonds. The van der Waals surface area contributed by atoms with Crippen LogP contribution >= 0.6 is 0 Å². The fourth-order valence-electron chi connectivity index (χ4n) is 2.19. The first-order valence-corrected chi connectivity index (χ1v) is 12.1. The van der Waals surface area contributed by atoms with Gasteiger partial charge in [-0.2, -0.15) is 0 Å². The summed E-state index contributed by atoms with van der Waals surface area (Å²) in [5.74, 6) is 3.86. The Balaban J connectivity index is 1.91. The SMILES string of the molecule is CC(C)(C)OC(=O)N1CC[C@H]1COc1cncc(C#C[Si](C)(C)C)c1. The van der Waals surface area contributed by atoms with Gasteiger partial charge in [0, 0.05) is 18.3 Å². The van der Waals surface area contributed by atoms with Crippen LogP contribution in [0.2, 0.25) is 19.6 Å². The lowest BCUT2D eigenvalue weighted by molar-refractivity contribution is -0.0141. The summed E-state index contributed by atoms with van der Waals surface area (Å²) in [5.41, 5.74) is 3.70. The number of rotatable bonds is 3. The highest BCUT2D eigenvalue weighted by Crippen LogP contribution is 2.22. The zero-order valence-electron chi connectivity index (χ0n) is 16.0. The molecule has 2 rings (SSSR count). The van der Waals surface area contributed by atoms with E-state index >= 15 is 0 Å². The van der Waals surface area contributed by atoms with Crippen molar-refractivity contribution in [1.29, 1.82) is 0 Å². The Labute approximate surface area is 151 Å². The lowest BCUT2D eigenvalue weighted by atomic mass is 10.1. The van der Waals surface area contributed by atoms with Crippen LogP contribution in [0.3, 0.4) is 0 Å². The molecule has 0 radical (unpaired) electrons. The topological polar surface area (TPSA) is 51.7 Å². The highest BCUT2D eigenvalue weighted by Gasteiger charge is 2.35. The second kappa shape index (κ2) is 7.48. The Morgan fingerprint density at radius 3 is 2.64 bits per heavy atom. The maximum absolute atomic E-state index is 12.1. The Kier molecular flexibility index (Phi) is 5.78. The van der Waals surface area contributed by atoms with Crippen LogP contribution in [0.15, 0.2) is 18.5 Å². The van der Waals surface area contributed by atoms with Crippen molar-refractivity contribution in [2.24, 2.45) is 0 Å². The van der Waals surface area contributed by atoms with Gasteiger partial charge >= 0.3 is 6.09 Å². The molecule has 0 bridgehead atoms. The molecule has 1 aliphatic rings. The quantitative estimate of drug-likeness (QED) is 0.609. The highest BCUT2D eigenvalue weighted by atomic mass is 28.3. The molecule has 0 N–H and O–H groups in total. The number of hydrogen-bond donors (Lipinski definition) is 0. The van der Waals surface area contributed by atoms with Gasteiger partial charge in [0.15, 0.2) is 0 Å². The molecule has 6 heteroatoms. The van der Waals surface area contributed by atoms with E-state index in [1.54, 1.807) is 17.3 Å². The Morgan fingerprint density at radius 1 is 1.36 bits per heavy atom. The Hall–Kier alpha value is -2.00. The minimum atomic E-state index is -1.42. The first kappa shape index (κ1) is 19.3. The zero-order chi connectivity index (χ0) is 18.7. The van der Waals surface area contributed by atoms with Crippen molar-refractivity contribution in [3.8, 4) is 17.2 Å². The number of hydrogen-bond acceptors (Lipinski definition) is 4. The third kappa shape index (κ3) is 6.43. The minimum Gasteiger partial charge on any atom is -0.490 e. The van der Waals surface area contributed by atoms with Crippen LogP contribution in [-0.2, 0) is 4.74 Å². The lowest BCUT2D eigenvalue weighted by Gasteiger charge is -2.40. The molecule has 0 unspecified atom stereocenters. The van der Waals surface area contributed by atoms with Gasteiger partial charge in [-0.1, -0.05) is 25.6 Å². The van der Waals surface area contributed by atoms with Crippen molar-refractivity contribution >= 4 is 14.2 Å². The molecular formula is C19H28N2O3Si.